The van der Waals surface area contributed by atoms with Crippen LogP contribution in [0.3, 0.4) is 0 Å². The summed E-state index contributed by atoms with van der Waals surface area (Å²) in [5.41, 5.74) is 2.27. The summed E-state index contributed by atoms with van der Waals surface area (Å²) in [5, 5.41) is 7.35. The summed E-state index contributed by atoms with van der Waals surface area (Å²) in [6.45, 7) is 8.63. The Balaban J connectivity index is 1.88. The first-order valence-corrected chi connectivity index (χ1v) is 8.96. The second kappa shape index (κ2) is 7.58. The van der Waals surface area contributed by atoms with Gasteiger partial charge in [-0.25, -0.2) is 8.78 Å². The fourth-order valence-electron chi connectivity index (χ4n) is 3.71. The molecule has 0 unspecified atom stereocenters. The highest BCUT2D eigenvalue weighted by Gasteiger charge is 2.19. The molecule has 1 aromatic heterocycles. The zero-order chi connectivity index (χ0) is 20.6. The Hall–Kier alpha value is -2.96. The molecule has 0 saturated carbocycles. The highest BCUT2D eigenvalue weighted by Crippen LogP contribution is 2.22. The number of amides is 1. The van der Waals surface area contributed by atoms with Crippen LogP contribution in [0.5, 0.6) is 0 Å². The van der Waals surface area contributed by atoms with E-state index in [9.17, 15) is 18.4 Å². The average molecular weight is 386 g/mol. The zero-order valence-corrected chi connectivity index (χ0v) is 16.2. The molecule has 0 spiro atoms. The van der Waals surface area contributed by atoms with Crippen LogP contribution in [-0.2, 0) is 11.2 Å². The van der Waals surface area contributed by atoms with Crippen LogP contribution in [0.1, 0.15) is 42.1 Å². The van der Waals surface area contributed by atoms with E-state index >= 15 is 0 Å². The van der Waals surface area contributed by atoms with Crippen molar-refractivity contribution in [1.82, 2.24) is 15.6 Å². The summed E-state index contributed by atoms with van der Waals surface area (Å²) in [6, 6.07) is 1.35. The first-order valence-electron chi connectivity index (χ1n) is 8.96. The number of aromatic nitrogens is 1. The van der Waals surface area contributed by atoms with Crippen molar-refractivity contribution >= 4 is 17.7 Å². The van der Waals surface area contributed by atoms with Gasteiger partial charge in [-0.15, -0.1) is 0 Å². The molecule has 0 saturated heterocycles. The Morgan fingerprint density at radius 3 is 2.61 bits per heavy atom. The third-order valence-electron chi connectivity index (χ3n) is 4.99. The molecule has 1 aliphatic heterocycles. The molecule has 1 radical (unpaired) electrons. The van der Waals surface area contributed by atoms with Crippen LogP contribution < -0.4 is 26.8 Å². The lowest BCUT2D eigenvalue weighted by atomic mass is 10.00. The highest BCUT2D eigenvalue weighted by molar-refractivity contribution is 5.79. The third-order valence-corrected chi connectivity index (χ3v) is 4.99. The van der Waals surface area contributed by atoms with Crippen molar-refractivity contribution in [2.75, 3.05) is 0 Å². The van der Waals surface area contributed by atoms with E-state index in [1.54, 1.807) is 33.4 Å². The Morgan fingerprint density at radius 1 is 1.21 bits per heavy atom. The van der Waals surface area contributed by atoms with Gasteiger partial charge >= 0.3 is 0 Å². The van der Waals surface area contributed by atoms with E-state index in [0.29, 0.717) is 16.5 Å². The van der Waals surface area contributed by atoms with Crippen molar-refractivity contribution in [1.29, 1.82) is 0 Å². The zero-order valence-electron chi connectivity index (χ0n) is 16.2. The van der Waals surface area contributed by atoms with Crippen LogP contribution >= 0.6 is 0 Å². The maximum atomic E-state index is 14.1. The van der Waals surface area contributed by atoms with E-state index in [4.69, 9.17) is 0 Å². The summed E-state index contributed by atoms with van der Waals surface area (Å²) in [6.07, 6.45) is 1.63. The number of benzene rings is 1. The van der Waals surface area contributed by atoms with Crippen molar-refractivity contribution in [3.63, 3.8) is 0 Å². The average Bonchev–Trinajstić information content (AvgIpc) is 2.57. The van der Waals surface area contributed by atoms with Crippen molar-refractivity contribution in [3.8, 4) is 0 Å². The maximum Gasteiger partial charge on any atom is 0.252 e. The quantitative estimate of drug-likeness (QED) is 0.743. The van der Waals surface area contributed by atoms with Crippen LogP contribution in [0.2, 0.25) is 0 Å². The summed E-state index contributed by atoms with van der Waals surface area (Å²) in [7, 11) is 0. The number of hydrogen-bond acceptors (Lipinski definition) is 3. The number of carbonyl (C=O) groups excluding carboxylic acids is 1. The fraction of sp³-hybridized carbons (Fsp3) is 0.286. The van der Waals surface area contributed by atoms with Crippen LogP contribution in [0, 0.1) is 32.0 Å². The predicted octanol–water partition coefficient (Wildman–Crippen LogP) is 1.36. The van der Waals surface area contributed by atoms with Crippen LogP contribution in [0.25, 0.3) is 11.8 Å². The van der Waals surface area contributed by atoms with Crippen molar-refractivity contribution < 1.29 is 13.6 Å². The first kappa shape index (κ1) is 19.8. The topological polar surface area (TPSA) is 74.0 Å². The Kier molecular flexibility index (Phi) is 5.36. The molecule has 0 fully saturated rings. The van der Waals surface area contributed by atoms with Crippen molar-refractivity contribution in [2.24, 2.45) is 0 Å². The molecule has 5 nitrogen and oxygen atoms in total. The highest BCUT2D eigenvalue weighted by atomic mass is 19.1. The van der Waals surface area contributed by atoms with E-state index in [-0.39, 0.29) is 17.5 Å². The molecule has 2 heterocycles. The van der Waals surface area contributed by atoms with Gasteiger partial charge in [0.05, 0.1) is 19.0 Å². The molecule has 0 aliphatic carbocycles. The number of pyridine rings is 1. The van der Waals surface area contributed by atoms with Gasteiger partial charge in [0.25, 0.3) is 5.56 Å². The molecule has 7 heteroatoms. The lowest BCUT2D eigenvalue weighted by molar-refractivity contribution is -0.121. The van der Waals surface area contributed by atoms with E-state index in [2.05, 4.69) is 15.6 Å². The van der Waals surface area contributed by atoms with Crippen LogP contribution in [0.15, 0.2) is 16.9 Å². The number of aromatic amines is 1. The smallest absolute Gasteiger partial charge is 0.252 e. The molecular weight excluding hydrogens is 364 g/mol. The van der Waals surface area contributed by atoms with Gasteiger partial charge in [-0.05, 0) is 51.0 Å². The van der Waals surface area contributed by atoms with Crippen LogP contribution in [-0.4, -0.2) is 10.9 Å². The lowest BCUT2D eigenvalue weighted by Gasteiger charge is -2.18. The normalized spacial score (nSPS) is 14.0. The number of fused-ring (bicyclic) bond motifs is 1. The lowest BCUT2D eigenvalue weighted by Crippen LogP contribution is -2.45. The first-order chi connectivity index (χ1) is 13.2. The van der Waals surface area contributed by atoms with E-state index < -0.39 is 23.6 Å². The van der Waals surface area contributed by atoms with Crippen LogP contribution in [0.4, 0.5) is 8.78 Å². The van der Waals surface area contributed by atoms with Gasteiger partial charge in [-0.1, -0.05) is 0 Å². The van der Waals surface area contributed by atoms with Gasteiger partial charge in [0.1, 0.15) is 11.6 Å². The standard InChI is InChI=1S/C21H22F2N3O2/c1-10-7-14(22)8-16(23)19(10)13(4)25-18(27)9-15-11(2)20-12(3)24-6-5-17(20)26-21(15)28/h5-8,13,24H,9H2,1-4H3,(H,25,27)(H,26,28)/t13-/m1/s1. The summed E-state index contributed by atoms with van der Waals surface area (Å²) in [4.78, 5) is 27.8. The molecule has 147 valence electrons. The van der Waals surface area contributed by atoms with Gasteiger partial charge in [-0.2, -0.15) is 0 Å². The molecule has 3 N–H and O–H groups in total. The summed E-state index contributed by atoms with van der Waals surface area (Å²) < 4.78 is 27.4. The number of nitrogens with one attached hydrogen (secondary N) is 3. The number of hydrogen-bond donors (Lipinski definition) is 3. The van der Waals surface area contributed by atoms with E-state index in [1.807, 2.05) is 6.92 Å². The molecule has 1 amide bonds. The minimum atomic E-state index is -0.712. The molecule has 1 atom stereocenters. The monoisotopic (exact) mass is 386 g/mol. The van der Waals surface area contributed by atoms with Crippen molar-refractivity contribution in [2.45, 2.75) is 40.2 Å². The molecular formula is C21H22F2N3O2. The van der Waals surface area contributed by atoms with Gasteiger partial charge < -0.3 is 15.6 Å². The number of halogens is 2. The summed E-state index contributed by atoms with van der Waals surface area (Å²) >= 11 is 0. The number of carbonyl (C=O) groups is 1. The Morgan fingerprint density at radius 2 is 1.93 bits per heavy atom. The Bertz CT molecular complexity index is 1110. The van der Waals surface area contributed by atoms with E-state index in [0.717, 1.165) is 22.5 Å². The minimum absolute atomic E-state index is 0.141. The molecule has 28 heavy (non-hydrogen) atoms. The second-order valence-electron chi connectivity index (χ2n) is 7.03. The predicted molar refractivity (Wildman–Crippen MR) is 103 cm³/mol. The van der Waals surface area contributed by atoms with Gasteiger partial charge in [0.2, 0.25) is 5.91 Å². The molecule has 0 bridgehead atoms. The van der Waals surface area contributed by atoms with Gasteiger partial charge in [0, 0.05) is 33.5 Å². The maximum absolute atomic E-state index is 14.1. The summed E-state index contributed by atoms with van der Waals surface area (Å²) in [5.74, 6) is -1.79. The molecule has 1 aliphatic rings. The largest absolute Gasteiger partial charge is 0.379 e. The van der Waals surface area contributed by atoms with Gasteiger partial charge in [-0.3, -0.25) is 9.59 Å². The number of H-pyrrole nitrogens is 1. The molecule has 3 rings (SSSR count). The van der Waals surface area contributed by atoms with Crippen molar-refractivity contribution in [3.05, 3.63) is 73.5 Å². The third kappa shape index (κ3) is 3.69. The fourth-order valence-corrected chi connectivity index (χ4v) is 3.71. The molecule has 2 aromatic rings. The van der Waals surface area contributed by atoms with Gasteiger partial charge in [0.15, 0.2) is 0 Å². The molecule has 1 aromatic carbocycles. The van der Waals surface area contributed by atoms with E-state index in [1.165, 1.54) is 6.07 Å². The number of aryl methyl sites for hydroxylation is 1. The minimum Gasteiger partial charge on any atom is -0.379 e. The Labute approximate surface area is 161 Å². The number of rotatable bonds is 4. The second-order valence-corrected chi connectivity index (χ2v) is 7.03. The SMILES string of the molecule is CC1=c2c(C)c(CC(=O)N[C@H](C)c3c(C)cc(F)cc3F)c(=O)[nH]c2=C[CH]N1.